The summed E-state index contributed by atoms with van der Waals surface area (Å²) in [6.45, 7) is 8.03. The lowest BCUT2D eigenvalue weighted by atomic mass is 9.97. The van der Waals surface area contributed by atoms with Gasteiger partial charge >= 0.3 is 0 Å². The molecule has 0 fully saturated rings. The van der Waals surface area contributed by atoms with Crippen LogP contribution in [-0.4, -0.2) is 17.7 Å². The standard InChI is InChI=1S/C25H22N2O5/c1-5-30-17-8-6-7-16(12-17)22-21-23(28)18-9-13(2)14(3)10-19(18)31-24(21)25(29)27(22)20-11-15(4)32-26-20/h6-12,22H,5H2,1-4H3. The molecule has 0 radical (unpaired) electrons. The first-order valence-corrected chi connectivity index (χ1v) is 10.5. The smallest absolute Gasteiger partial charge is 0.296 e. The third-order valence-electron chi connectivity index (χ3n) is 5.83. The maximum absolute atomic E-state index is 13.7. The quantitative estimate of drug-likeness (QED) is 0.460. The van der Waals surface area contributed by atoms with Crippen LogP contribution in [0.5, 0.6) is 5.75 Å². The molecule has 0 bridgehead atoms. The Bertz CT molecular complexity index is 1430. The molecule has 162 valence electrons. The number of ether oxygens (including phenoxy) is 1. The van der Waals surface area contributed by atoms with Gasteiger partial charge in [0, 0.05) is 6.07 Å². The fourth-order valence-corrected chi connectivity index (χ4v) is 4.19. The largest absolute Gasteiger partial charge is 0.494 e. The van der Waals surface area contributed by atoms with Crippen molar-refractivity contribution in [2.24, 2.45) is 0 Å². The number of aryl methyl sites for hydroxylation is 3. The molecule has 0 N–H and O–H groups in total. The van der Waals surface area contributed by atoms with Crippen LogP contribution in [0.1, 0.15) is 51.5 Å². The minimum Gasteiger partial charge on any atom is -0.494 e. The Labute approximate surface area is 184 Å². The molecule has 7 nitrogen and oxygen atoms in total. The van der Waals surface area contributed by atoms with Crippen LogP contribution in [-0.2, 0) is 0 Å². The Morgan fingerprint density at radius 1 is 1.06 bits per heavy atom. The average Bonchev–Trinajstić information content (AvgIpc) is 3.31. The van der Waals surface area contributed by atoms with Gasteiger partial charge in [0.2, 0.25) is 5.76 Å². The van der Waals surface area contributed by atoms with Crippen molar-refractivity contribution in [1.82, 2.24) is 5.16 Å². The van der Waals surface area contributed by atoms with Crippen LogP contribution in [0, 0.1) is 20.8 Å². The van der Waals surface area contributed by atoms with Crippen molar-refractivity contribution in [1.29, 1.82) is 0 Å². The van der Waals surface area contributed by atoms with Crippen molar-refractivity contribution in [2.45, 2.75) is 33.7 Å². The average molecular weight is 430 g/mol. The first-order valence-electron chi connectivity index (χ1n) is 10.5. The van der Waals surface area contributed by atoms with Gasteiger partial charge in [-0.1, -0.05) is 17.3 Å². The summed E-state index contributed by atoms with van der Waals surface area (Å²) in [5, 5.41) is 4.50. The second-order valence-corrected chi connectivity index (χ2v) is 7.99. The third kappa shape index (κ3) is 3.00. The molecule has 5 rings (SSSR count). The highest BCUT2D eigenvalue weighted by molar-refractivity contribution is 6.10. The number of amides is 1. The maximum atomic E-state index is 13.7. The second-order valence-electron chi connectivity index (χ2n) is 7.99. The van der Waals surface area contributed by atoms with Crippen molar-refractivity contribution in [2.75, 3.05) is 11.5 Å². The molecule has 2 aromatic carbocycles. The van der Waals surface area contributed by atoms with Gasteiger partial charge in [-0.2, -0.15) is 0 Å². The molecule has 1 amide bonds. The number of carbonyl (C=O) groups is 1. The maximum Gasteiger partial charge on any atom is 0.296 e. The fourth-order valence-electron chi connectivity index (χ4n) is 4.19. The van der Waals surface area contributed by atoms with Crippen LogP contribution in [0.25, 0.3) is 11.0 Å². The van der Waals surface area contributed by atoms with Crippen LogP contribution in [0.3, 0.4) is 0 Å². The van der Waals surface area contributed by atoms with E-state index >= 15 is 0 Å². The normalized spacial score (nSPS) is 15.4. The summed E-state index contributed by atoms with van der Waals surface area (Å²) in [5.74, 6) is 1.12. The predicted molar refractivity (Wildman–Crippen MR) is 119 cm³/mol. The topological polar surface area (TPSA) is 85.8 Å². The lowest BCUT2D eigenvalue weighted by Gasteiger charge is -2.22. The zero-order valence-corrected chi connectivity index (χ0v) is 18.3. The molecule has 0 aliphatic carbocycles. The number of rotatable bonds is 4. The minimum absolute atomic E-state index is 0.0261. The molecule has 0 saturated heterocycles. The summed E-state index contributed by atoms with van der Waals surface area (Å²) in [6, 6.07) is 11.9. The Balaban J connectivity index is 1.80. The summed E-state index contributed by atoms with van der Waals surface area (Å²) in [5.41, 5.74) is 3.14. The SMILES string of the molecule is CCOc1cccc(C2c3c(oc4cc(C)c(C)cc4c3=O)C(=O)N2c2cc(C)on2)c1. The van der Waals surface area contributed by atoms with Gasteiger partial charge in [-0.15, -0.1) is 0 Å². The minimum atomic E-state index is -0.718. The van der Waals surface area contributed by atoms with E-state index in [0.717, 1.165) is 16.7 Å². The van der Waals surface area contributed by atoms with E-state index in [4.69, 9.17) is 13.7 Å². The lowest BCUT2D eigenvalue weighted by molar-refractivity contribution is 0.0969. The van der Waals surface area contributed by atoms with Crippen molar-refractivity contribution < 1.29 is 18.5 Å². The zero-order chi connectivity index (χ0) is 22.6. The monoisotopic (exact) mass is 430 g/mol. The van der Waals surface area contributed by atoms with Crippen LogP contribution in [0.4, 0.5) is 5.82 Å². The van der Waals surface area contributed by atoms with Crippen molar-refractivity contribution in [3.05, 3.63) is 86.5 Å². The molecule has 1 unspecified atom stereocenters. The lowest BCUT2D eigenvalue weighted by Crippen LogP contribution is -2.29. The van der Waals surface area contributed by atoms with Crippen LogP contribution in [0.2, 0.25) is 0 Å². The Hall–Kier alpha value is -3.87. The van der Waals surface area contributed by atoms with Gasteiger partial charge in [-0.05, 0) is 68.7 Å². The molecule has 7 heteroatoms. The summed E-state index contributed by atoms with van der Waals surface area (Å²) >= 11 is 0. The third-order valence-corrected chi connectivity index (χ3v) is 5.83. The molecule has 1 aliphatic rings. The van der Waals surface area contributed by atoms with E-state index in [2.05, 4.69) is 5.16 Å². The van der Waals surface area contributed by atoms with Gasteiger partial charge in [0.05, 0.1) is 23.6 Å². The predicted octanol–water partition coefficient (Wildman–Crippen LogP) is 4.85. The second kappa shape index (κ2) is 7.37. The van der Waals surface area contributed by atoms with Crippen LogP contribution in [0.15, 0.2) is 56.2 Å². The molecule has 2 aromatic heterocycles. The molecular weight excluding hydrogens is 408 g/mol. The summed E-state index contributed by atoms with van der Waals surface area (Å²) in [7, 11) is 0. The van der Waals surface area contributed by atoms with Gasteiger partial charge in [0.1, 0.15) is 17.1 Å². The van der Waals surface area contributed by atoms with Gasteiger partial charge < -0.3 is 13.7 Å². The highest BCUT2D eigenvalue weighted by Crippen LogP contribution is 2.41. The van der Waals surface area contributed by atoms with Crippen LogP contribution < -0.4 is 15.1 Å². The van der Waals surface area contributed by atoms with E-state index in [-0.39, 0.29) is 11.2 Å². The van der Waals surface area contributed by atoms with E-state index in [1.807, 2.05) is 51.1 Å². The summed E-state index contributed by atoms with van der Waals surface area (Å²) in [4.78, 5) is 28.7. The number of fused-ring (bicyclic) bond motifs is 2. The first kappa shape index (κ1) is 20.1. The highest BCUT2D eigenvalue weighted by Gasteiger charge is 2.45. The number of benzene rings is 2. The van der Waals surface area contributed by atoms with Crippen LogP contribution >= 0.6 is 0 Å². The molecule has 1 aliphatic heterocycles. The Morgan fingerprint density at radius 3 is 2.56 bits per heavy atom. The highest BCUT2D eigenvalue weighted by atomic mass is 16.5. The van der Waals surface area contributed by atoms with Crippen molar-refractivity contribution in [3.8, 4) is 5.75 Å². The summed E-state index contributed by atoms with van der Waals surface area (Å²) in [6.07, 6.45) is 0. The van der Waals surface area contributed by atoms with E-state index < -0.39 is 11.9 Å². The number of hydrogen-bond donors (Lipinski definition) is 0. The number of hydrogen-bond acceptors (Lipinski definition) is 6. The van der Waals surface area contributed by atoms with Gasteiger partial charge in [0.15, 0.2) is 11.2 Å². The van der Waals surface area contributed by atoms with E-state index in [1.54, 1.807) is 19.1 Å². The van der Waals surface area contributed by atoms with Gasteiger partial charge in [-0.25, -0.2) is 0 Å². The first-order chi connectivity index (χ1) is 15.4. The summed E-state index contributed by atoms with van der Waals surface area (Å²) < 4.78 is 16.9. The molecule has 0 spiro atoms. The number of nitrogens with zero attached hydrogens (tertiary/aromatic N) is 2. The van der Waals surface area contributed by atoms with E-state index in [1.165, 1.54) is 4.90 Å². The Morgan fingerprint density at radius 2 is 1.84 bits per heavy atom. The van der Waals surface area contributed by atoms with Gasteiger partial charge in [0.25, 0.3) is 5.91 Å². The molecule has 4 aromatic rings. The zero-order valence-electron chi connectivity index (χ0n) is 18.3. The number of anilines is 1. The van der Waals surface area contributed by atoms with E-state index in [9.17, 15) is 9.59 Å². The Kier molecular flexibility index (Phi) is 4.62. The fraction of sp³-hybridized carbons (Fsp3) is 0.240. The molecule has 1 atom stereocenters. The molecule has 3 heterocycles. The van der Waals surface area contributed by atoms with E-state index in [0.29, 0.717) is 40.5 Å². The van der Waals surface area contributed by atoms with Gasteiger partial charge in [-0.3, -0.25) is 14.5 Å². The number of carbonyl (C=O) groups excluding carboxylic acids is 1. The van der Waals surface area contributed by atoms with Crippen molar-refractivity contribution >= 4 is 22.7 Å². The molecule has 0 saturated carbocycles. The molecular formula is C25H22N2O5. The van der Waals surface area contributed by atoms with Crippen molar-refractivity contribution in [3.63, 3.8) is 0 Å². The number of aromatic nitrogens is 1. The molecule has 32 heavy (non-hydrogen) atoms.